The van der Waals surface area contributed by atoms with Crippen molar-refractivity contribution in [2.75, 3.05) is 0 Å². The molecule has 0 saturated heterocycles. The van der Waals surface area contributed by atoms with E-state index in [1.165, 1.54) is 54.9 Å². The molecule has 2 heterocycles. The third-order valence-electron chi connectivity index (χ3n) is 6.10. The molecule has 2 aromatic carbocycles. The SMILES string of the molecule is Cc1oc2c(c1C)c(C)c(C)c1c3oc(C)c(C)c3c(C)c(C)c21. The number of benzene rings is 2. The maximum absolute atomic E-state index is 6.23. The maximum atomic E-state index is 6.23. The number of hydrogen-bond donors (Lipinski definition) is 0. The van der Waals surface area contributed by atoms with Crippen LogP contribution in [0.25, 0.3) is 32.7 Å². The molecule has 4 aromatic rings. The van der Waals surface area contributed by atoms with Crippen LogP contribution in [0.1, 0.15) is 44.9 Å². The van der Waals surface area contributed by atoms with E-state index in [1.54, 1.807) is 0 Å². The number of hydrogen-bond acceptors (Lipinski definition) is 2. The molecule has 2 nitrogen and oxygen atoms in total. The fraction of sp³-hybridized carbons (Fsp3) is 0.364. The highest BCUT2D eigenvalue weighted by Gasteiger charge is 2.23. The van der Waals surface area contributed by atoms with E-state index in [0.717, 1.165) is 22.7 Å². The minimum absolute atomic E-state index is 1.00. The van der Waals surface area contributed by atoms with Crippen molar-refractivity contribution in [3.63, 3.8) is 0 Å². The van der Waals surface area contributed by atoms with Crippen LogP contribution in [0, 0.1) is 55.4 Å². The van der Waals surface area contributed by atoms with Gasteiger partial charge >= 0.3 is 0 Å². The van der Waals surface area contributed by atoms with Crippen molar-refractivity contribution in [3.8, 4) is 0 Å². The van der Waals surface area contributed by atoms with Crippen LogP contribution in [0.5, 0.6) is 0 Å². The first kappa shape index (κ1) is 15.3. The summed E-state index contributed by atoms with van der Waals surface area (Å²) in [5.74, 6) is 2.01. The Labute approximate surface area is 142 Å². The van der Waals surface area contributed by atoms with Crippen LogP contribution in [0.15, 0.2) is 8.83 Å². The highest BCUT2D eigenvalue weighted by atomic mass is 16.3. The van der Waals surface area contributed by atoms with Crippen molar-refractivity contribution in [2.45, 2.75) is 55.4 Å². The van der Waals surface area contributed by atoms with E-state index >= 15 is 0 Å². The van der Waals surface area contributed by atoms with E-state index in [0.29, 0.717) is 0 Å². The van der Waals surface area contributed by atoms with Crippen LogP contribution in [0.2, 0.25) is 0 Å². The molecular weight excluding hydrogens is 296 g/mol. The fourth-order valence-corrected chi connectivity index (χ4v) is 4.20. The molecule has 0 N–H and O–H groups in total. The number of aryl methyl sites for hydroxylation is 8. The van der Waals surface area contributed by atoms with Crippen LogP contribution in [-0.2, 0) is 0 Å². The third kappa shape index (κ3) is 1.61. The third-order valence-corrected chi connectivity index (χ3v) is 6.10. The zero-order valence-electron chi connectivity index (χ0n) is 15.8. The smallest absolute Gasteiger partial charge is 0.143 e. The molecule has 0 saturated carbocycles. The summed E-state index contributed by atoms with van der Waals surface area (Å²) in [6.07, 6.45) is 0. The standard InChI is InChI=1S/C22H24O2/c1-9-11(3)19-20(21-17(9)13(5)15(7)23-21)12(4)10(2)18-14(6)16(8)24-22(18)19/h1-8H3. The average molecular weight is 320 g/mol. The lowest BCUT2D eigenvalue weighted by atomic mass is 9.89. The van der Waals surface area contributed by atoms with Gasteiger partial charge in [-0.3, -0.25) is 0 Å². The topological polar surface area (TPSA) is 26.3 Å². The zero-order chi connectivity index (χ0) is 17.5. The van der Waals surface area contributed by atoms with E-state index in [-0.39, 0.29) is 0 Å². The molecule has 0 atom stereocenters. The first-order valence-electron chi connectivity index (χ1n) is 8.57. The van der Waals surface area contributed by atoms with E-state index in [2.05, 4.69) is 55.4 Å². The second kappa shape index (κ2) is 4.66. The molecular formula is C22H24O2. The Morgan fingerprint density at radius 3 is 1.00 bits per heavy atom. The summed E-state index contributed by atoms with van der Waals surface area (Å²) in [6.45, 7) is 17.2. The predicted octanol–water partition coefficient (Wildman–Crippen LogP) is 6.80. The average Bonchev–Trinajstić information content (AvgIpc) is 2.99. The molecule has 0 radical (unpaired) electrons. The molecule has 0 aliphatic rings. The summed E-state index contributed by atoms with van der Waals surface area (Å²) >= 11 is 0. The molecule has 124 valence electrons. The van der Waals surface area contributed by atoms with Crippen molar-refractivity contribution in [3.05, 3.63) is 44.9 Å². The Kier molecular flexibility index (Phi) is 2.97. The van der Waals surface area contributed by atoms with Crippen molar-refractivity contribution in [1.82, 2.24) is 0 Å². The second-order valence-electron chi connectivity index (χ2n) is 7.22. The van der Waals surface area contributed by atoms with Gasteiger partial charge in [0.1, 0.15) is 22.7 Å². The molecule has 0 fully saturated rings. The number of furan rings is 2. The van der Waals surface area contributed by atoms with Crippen LogP contribution in [-0.4, -0.2) is 0 Å². The Morgan fingerprint density at radius 2 is 0.667 bits per heavy atom. The second-order valence-corrected chi connectivity index (χ2v) is 7.22. The van der Waals surface area contributed by atoms with Gasteiger partial charge in [0.15, 0.2) is 0 Å². The minimum Gasteiger partial charge on any atom is -0.460 e. The van der Waals surface area contributed by atoms with E-state index in [1.807, 2.05) is 0 Å². The Bertz CT molecular complexity index is 1070. The maximum Gasteiger partial charge on any atom is 0.143 e. The normalized spacial score (nSPS) is 12.2. The van der Waals surface area contributed by atoms with Crippen LogP contribution in [0.3, 0.4) is 0 Å². The van der Waals surface area contributed by atoms with Gasteiger partial charge < -0.3 is 8.83 Å². The summed E-state index contributed by atoms with van der Waals surface area (Å²) in [6, 6.07) is 0. The Hall–Kier alpha value is -2.22. The first-order chi connectivity index (χ1) is 11.3. The van der Waals surface area contributed by atoms with Gasteiger partial charge in [-0.2, -0.15) is 0 Å². The van der Waals surface area contributed by atoms with Gasteiger partial charge in [0, 0.05) is 21.5 Å². The summed E-state index contributed by atoms with van der Waals surface area (Å²) in [5, 5.41) is 4.95. The molecule has 0 bridgehead atoms. The van der Waals surface area contributed by atoms with Gasteiger partial charge in [-0.25, -0.2) is 0 Å². The molecule has 2 aromatic heterocycles. The summed E-state index contributed by atoms with van der Waals surface area (Å²) < 4.78 is 12.5. The molecule has 0 unspecified atom stereocenters. The number of rotatable bonds is 0. The van der Waals surface area contributed by atoms with Gasteiger partial charge in [0.05, 0.1) is 0 Å². The van der Waals surface area contributed by atoms with Crippen molar-refractivity contribution < 1.29 is 8.83 Å². The van der Waals surface area contributed by atoms with Crippen molar-refractivity contribution in [1.29, 1.82) is 0 Å². The largest absolute Gasteiger partial charge is 0.460 e. The zero-order valence-corrected chi connectivity index (χ0v) is 15.8. The van der Waals surface area contributed by atoms with E-state index in [4.69, 9.17) is 8.83 Å². The molecule has 4 rings (SSSR count). The van der Waals surface area contributed by atoms with Crippen molar-refractivity contribution in [2.24, 2.45) is 0 Å². The molecule has 2 heteroatoms. The van der Waals surface area contributed by atoms with Gasteiger partial charge in [-0.05, 0) is 88.8 Å². The lowest BCUT2D eigenvalue weighted by Crippen LogP contribution is -1.93. The fourth-order valence-electron chi connectivity index (χ4n) is 4.20. The quantitative estimate of drug-likeness (QED) is 0.356. The van der Waals surface area contributed by atoms with E-state index in [9.17, 15) is 0 Å². The number of fused-ring (bicyclic) bond motifs is 5. The molecule has 0 aliphatic carbocycles. The van der Waals surface area contributed by atoms with E-state index < -0.39 is 0 Å². The van der Waals surface area contributed by atoms with Crippen molar-refractivity contribution >= 4 is 32.7 Å². The van der Waals surface area contributed by atoms with Crippen LogP contribution >= 0.6 is 0 Å². The van der Waals surface area contributed by atoms with Crippen LogP contribution < -0.4 is 0 Å². The molecule has 0 spiro atoms. The lowest BCUT2D eigenvalue weighted by Gasteiger charge is -2.14. The molecule has 0 aliphatic heterocycles. The molecule has 0 amide bonds. The Balaban J connectivity index is 2.47. The first-order valence-corrected chi connectivity index (χ1v) is 8.57. The summed E-state index contributed by atoms with van der Waals surface area (Å²) in [4.78, 5) is 0. The summed E-state index contributed by atoms with van der Waals surface area (Å²) in [7, 11) is 0. The van der Waals surface area contributed by atoms with Gasteiger partial charge in [-0.15, -0.1) is 0 Å². The predicted molar refractivity (Wildman–Crippen MR) is 101 cm³/mol. The monoisotopic (exact) mass is 320 g/mol. The molecule has 24 heavy (non-hydrogen) atoms. The van der Waals surface area contributed by atoms with Gasteiger partial charge in [-0.1, -0.05) is 0 Å². The highest BCUT2D eigenvalue weighted by molar-refractivity contribution is 6.20. The van der Waals surface area contributed by atoms with Crippen LogP contribution in [0.4, 0.5) is 0 Å². The lowest BCUT2D eigenvalue weighted by molar-refractivity contribution is 0.575. The summed E-state index contributed by atoms with van der Waals surface area (Å²) in [5.41, 5.74) is 9.69. The van der Waals surface area contributed by atoms with Gasteiger partial charge in [0.2, 0.25) is 0 Å². The highest BCUT2D eigenvalue weighted by Crippen LogP contribution is 2.44. The Morgan fingerprint density at radius 1 is 0.375 bits per heavy atom. The van der Waals surface area contributed by atoms with Gasteiger partial charge in [0.25, 0.3) is 0 Å². The minimum atomic E-state index is 1.00.